The van der Waals surface area contributed by atoms with Crippen LogP contribution in [0.25, 0.3) is 0 Å². The van der Waals surface area contributed by atoms with E-state index in [1.54, 1.807) is 6.20 Å². The van der Waals surface area contributed by atoms with Crippen molar-refractivity contribution in [3.8, 4) is 0 Å². The van der Waals surface area contributed by atoms with Crippen LogP contribution in [0.2, 0.25) is 0 Å². The summed E-state index contributed by atoms with van der Waals surface area (Å²) >= 11 is 0. The van der Waals surface area contributed by atoms with Gasteiger partial charge in [0.1, 0.15) is 0 Å². The molecule has 0 unspecified atom stereocenters. The second-order valence-electron chi connectivity index (χ2n) is 4.65. The number of benzene rings is 1. The molecule has 0 aliphatic carbocycles. The molecule has 0 saturated heterocycles. The zero-order chi connectivity index (χ0) is 14.2. The Morgan fingerprint density at radius 2 is 1.95 bits per heavy atom. The van der Waals surface area contributed by atoms with Gasteiger partial charge in [0, 0.05) is 12.7 Å². The number of nitrogens with zero attached hydrogens (tertiary/aromatic N) is 2. The summed E-state index contributed by atoms with van der Waals surface area (Å²) in [7, 11) is 0. The van der Waals surface area contributed by atoms with E-state index in [1.165, 1.54) is 11.1 Å². The molecule has 1 N–H and O–H groups in total. The Labute approximate surface area is 120 Å². The number of hydrogen-bond donors (Lipinski definition) is 1. The maximum atomic E-state index is 9.04. The summed E-state index contributed by atoms with van der Waals surface area (Å²) in [5.41, 5.74) is 3.52. The Hall–Kier alpha value is -2.13. The minimum atomic E-state index is 0.118. The van der Waals surface area contributed by atoms with Crippen molar-refractivity contribution >= 4 is 0 Å². The summed E-state index contributed by atoms with van der Waals surface area (Å²) < 4.78 is 0. The van der Waals surface area contributed by atoms with E-state index in [-0.39, 0.29) is 6.61 Å². The van der Waals surface area contributed by atoms with Gasteiger partial charge >= 0.3 is 0 Å². The highest BCUT2D eigenvalue weighted by Crippen LogP contribution is 2.14. The molecule has 1 aromatic carbocycles. The van der Waals surface area contributed by atoms with Gasteiger partial charge in [-0.15, -0.1) is 0 Å². The Bertz CT molecular complexity index is 540. The Kier molecular flexibility index (Phi) is 5.33. The fourth-order valence-electron chi connectivity index (χ4n) is 2.15. The van der Waals surface area contributed by atoms with Crippen LogP contribution in [0.1, 0.15) is 16.8 Å². The molecular weight excluding hydrogens is 248 g/mol. The van der Waals surface area contributed by atoms with Gasteiger partial charge in [-0.25, -0.2) is 0 Å². The third-order valence-electron chi connectivity index (χ3n) is 3.22. The fourth-order valence-corrected chi connectivity index (χ4v) is 2.15. The number of aliphatic hydroxyl groups excluding tert-OH is 1. The topological polar surface area (TPSA) is 36.4 Å². The first-order valence-corrected chi connectivity index (χ1v) is 6.77. The summed E-state index contributed by atoms with van der Waals surface area (Å²) in [6, 6.07) is 14.4. The van der Waals surface area contributed by atoms with Crippen LogP contribution >= 0.6 is 0 Å². The number of aromatic nitrogens is 1. The first-order valence-electron chi connectivity index (χ1n) is 6.77. The van der Waals surface area contributed by atoms with Gasteiger partial charge in [-0.2, -0.15) is 0 Å². The minimum Gasteiger partial charge on any atom is -0.395 e. The monoisotopic (exact) mass is 268 g/mol. The lowest BCUT2D eigenvalue weighted by Gasteiger charge is -2.19. The van der Waals surface area contributed by atoms with Crippen LogP contribution in [0.5, 0.6) is 0 Å². The van der Waals surface area contributed by atoms with Gasteiger partial charge in [0.05, 0.1) is 18.8 Å². The highest BCUT2D eigenvalue weighted by atomic mass is 16.3. The van der Waals surface area contributed by atoms with E-state index in [0.29, 0.717) is 13.1 Å². The standard InChI is InChI=1S/C17H20N2O/c1-2-19(11-12-20)14-17-16(9-6-10-18-17)13-15-7-4-3-5-8-15/h2-10,20H,1,11-14H2. The lowest BCUT2D eigenvalue weighted by Crippen LogP contribution is -2.21. The van der Waals surface area contributed by atoms with Gasteiger partial charge in [-0.1, -0.05) is 43.0 Å². The van der Waals surface area contributed by atoms with Crippen LogP contribution in [0.4, 0.5) is 0 Å². The van der Waals surface area contributed by atoms with Crippen LogP contribution in [0.3, 0.4) is 0 Å². The number of pyridine rings is 1. The van der Waals surface area contributed by atoms with E-state index >= 15 is 0 Å². The molecule has 1 heterocycles. The van der Waals surface area contributed by atoms with E-state index < -0.39 is 0 Å². The molecule has 0 aliphatic heterocycles. The summed E-state index contributed by atoms with van der Waals surface area (Å²) in [5, 5.41) is 9.04. The van der Waals surface area contributed by atoms with Crippen LogP contribution in [-0.4, -0.2) is 28.1 Å². The highest BCUT2D eigenvalue weighted by Gasteiger charge is 2.07. The SMILES string of the molecule is C=CN(CCO)Cc1ncccc1Cc1ccccc1. The van der Waals surface area contributed by atoms with E-state index in [0.717, 1.165) is 12.1 Å². The predicted molar refractivity (Wildman–Crippen MR) is 81.2 cm³/mol. The molecule has 3 nitrogen and oxygen atoms in total. The smallest absolute Gasteiger partial charge is 0.0632 e. The molecule has 3 heteroatoms. The number of hydrogen-bond acceptors (Lipinski definition) is 3. The molecule has 104 valence electrons. The maximum Gasteiger partial charge on any atom is 0.0632 e. The largest absolute Gasteiger partial charge is 0.395 e. The molecule has 20 heavy (non-hydrogen) atoms. The number of aliphatic hydroxyl groups is 1. The third kappa shape index (κ3) is 3.93. The predicted octanol–water partition coefficient (Wildman–Crippen LogP) is 2.61. The van der Waals surface area contributed by atoms with E-state index in [9.17, 15) is 0 Å². The van der Waals surface area contributed by atoms with E-state index in [1.807, 2.05) is 35.4 Å². The summed E-state index contributed by atoms with van der Waals surface area (Å²) in [6.07, 6.45) is 4.43. The third-order valence-corrected chi connectivity index (χ3v) is 3.22. The molecule has 1 aromatic heterocycles. The second kappa shape index (κ2) is 7.46. The molecule has 0 atom stereocenters. The van der Waals surface area contributed by atoms with Crippen molar-refractivity contribution in [1.82, 2.24) is 9.88 Å². The molecular formula is C17H20N2O. The second-order valence-corrected chi connectivity index (χ2v) is 4.65. The molecule has 2 rings (SSSR count). The average Bonchev–Trinajstić information content (AvgIpc) is 2.49. The van der Waals surface area contributed by atoms with Gasteiger partial charge < -0.3 is 10.0 Å². The number of rotatable bonds is 7. The van der Waals surface area contributed by atoms with Gasteiger partial charge in [-0.05, 0) is 29.8 Å². The van der Waals surface area contributed by atoms with Crippen molar-refractivity contribution in [2.75, 3.05) is 13.2 Å². The average molecular weight is 268 g/mol. The van der Waals surface area contributed by atoms with Crippen LogP contribution in [0, 0.1) is 0 Å². The molecule has 0 aliphatic rings. The molecule has 0 bridgehead atoms. The summed E-state index contributed by atoms with van der Waals surface area (Å²) in [4.78, 5) is 6.44. The lowest BCUT2D eigenvalue weighted by atomic mass is 10.0. The van der Waals surface area contributed by atoms with E-state index in [4.69, 9.17) is 5.11 Å². The van der Waals surface area contributed by atoms with Crippen LogP contribution < -0.4 is 0 Å². The zero-order valence-corrected chi connectivity index (χ0v) is 11.6. The normalized spacial score (nSPS) is 10.2. The molecule has 0 fully saturated rings. The van der Waals surface area contributed by atoms with Crippen molar-refractivity contribution in [3.05, 3.63) is 78.3 Å². The maximum absolute atomic E-state index is 9.04. The van der Waals surface area contributed by atoms with Crippen molar-refractivity contribution in [3.63, 3.8) is 0 Å². The van der Waals surface area contributed by atoms with Crippen LogP contribution in [0.15, 0.2) is 61.4 Å². The molecule has 0 spiro atoms. The Morgan fingerprint density at radius 1 is 1.15 bits per heavy atom. The van der Waals surface area contributed by atoms with Crippen LogP contribution in [-0.2, 0) is 13.0 Å². The van der Waals surface area contributed by atoms with E-state index in [2.05, 4.69) is 29.8 Å². The molecule has 0 saturated carbocycles. The minimum absolute atomic E-state index is 0.118. The quantitative estimate of drug-likeness (QED) is 0.838. The van der Waals surface area contributed by atoms with Crippen molar-refractivity contribution in [2.45, 2.75) is 13.0 Å². The van der Waals surface area contributed by atoms with Gasteiger partial charge in [0.15, 0.2) is 0 Å². The zero-order valence-electron chi connectivity index (χ0n) is 11.6. The molecule has 2 aromatic rings. The fraction of sp³-hybridized carbons (Fsp3) is 0.235. The lowest BCUT2D eigenvalue weighted by molar-refractivity contribution is 0.232. The molecule has 0 radical (unpaired) electrons. The first-order chi connectivity index (χ1) is 9.83. The highest BCUT2D eigenvalue weighted by molar-refractivity contribution is 5.28. The first kappa shape index (κ1) is 14.3. The summed E-state index contributed by atoms with van der Waals surface area (Å²) in [5.74, 6) is 0. The Morgan fingerprint density at radius 3 is 2.65 bits per heavy atom. The van der Waals surface area contributed by atoms with Crippen molar-refractivity contribution < 1.29 is 5.11 Å². The summed E-state index contributed by atoms with van der Waals surface area (Å²) in [6.45, 7) is 5.14. The van der Waals surface area contributed by atoms with Gasteiger partial charge in [-0.3, -0.25) is 4.98 Å². The van der Waals surface area contributed by atoms with Gasteiger partial charge in [0.2, 0.25) is 0 Å². The Balaban J connectivity index is 2.15. The van der Waals surface area contributed by atoms with Gasteiger partial charge in [0.25, 0.3) is 0 Å². The van der Waals surface area contributed by atoms with Crippen molar-refractivity contribution in [2.24, 2.45) is 0 Å². The molecule has 0 amide bonds. The van der Waals surface area contributed by atoms with Crippen molar-refractivity contribution in [1.29, 1.82) is 0 Å².